The number of ketones is 1. The summed E-state index contributed by atoms with van der Waals surface area (Å²) >= 11 is 6.17. The molecule has 0 radical (unpaired) electrons. The molecule has 1 aliphatic rings. The van der Waals surface area contributed by atoms with Crippen LogP contribution in [0.25, 0.3) is 22.2 Å². The molecule has 8 heteroatoms. The molecule has 1 amide bonds. The van der Waals surface area contributed by atoms with Gasteiger partial charge in [-0.25, -0.2) is 9.78 Å². The highest BCUT2D eigenvalue weighted by Gasteiger charge is 2.22. The number of anilines is 1. The Balaban J connectivity index is 1.44. The summed E-state index contributed by atoms with van der Waals surface area (Å²) in [5.41, 5.74) is 3.65. The molecule has 0 saturated heterocycles. The van der Waals surface area contributed by atoms with Crippen LogP contribution in [0.2, 0.25) is 5.02 Å². The van der Waals surface area contributed by atoms with Crippen LogP contribution in [-0.4, -0.2) is 35.9 Å². The number of carbonyl (C=O) groups is 3. The summed E-state index contributed by atoms with van der Waals surface area (Å²) in [6.45, 7) is 1.25. The van der Waals surface area contributed by atoms with Gasteiger partial charge in [-0.05, 0) is 48.9 Å². The van der Waals surface area contributed by atoms with Crippen molar-refractivity contribution in [3.05, 3.63) is 88.4 Å². The monoisotopic (exact) mass is 486 g/mol. The second kappa shape index (κ2) is 9.19. The lowest BCUT2D eigenvalue weighted by molar-refractivity contribution is -0.118. The number of nitrogens with zero attached hydrogens (tertiary/aromatic N) is 1. The molecule has 174 valence electrons. The number of hydrogen-bond acceptors (Lipinski definition) is 6. The second-order valence-corrected chi connectivity index (χ2v) is 8.47. The number of hydrogen-bond donors (Lipinski definition) is 1. The number of para-hydroxylation sites is 1. The van der Waals surface area contributed by atoms with E-state index in [0.29, 0.717) is 49.7 Å². The van der Waals surface area contributed by atoms with Gasteiger partial charge in [-0.3, -0.25) is 9.59 Å². The van der Waals surface area contributed by atoms with E-state index in [-0.39, 0.29) is 12.5 Å². The van der Waals surface area contributed by atoms with Gasteiger partial charge in [-0.15, -0.1) is 0 Å². The van der Waals surface area contributed by atoms with E-state index in [1.54, 1.807) is 37.3 Å². The molecule has 0 unspecified atom stereocenters. The molecule has 3 aromatic carbocycles. The van der Waals surface area contributed by atoms with Gasteiger partial charge in [0, 0.05) is 21.5 Å². The molecule has 0 spiro atoms. The van der Waals surface area contributed by atoms with Crippen LogP contribution < -0.4 is 10.1 Å². The van der Waals surface area contributed by atoms with Crippen molar-refractivity contribution in [2.75, 3.05) is 18.5 Å². The number of Topliss-reactive ketones (excluding diaryl/α,β-unsaturated/α-hetero) is 1. The third-order valence-corrected chi connectivity index (χ3v) is 5.94. The lowest BCUT2D eigenvalue weighted by Gasteiger charge is -2.18. The van der Waals surface area contributed by atoms with Gasteiger partial charge in [0.2, 0.25) is 0 Å². The van der Waals surface area contributed by atoms with Gasteiger partial charge in [0.15, 0.2) is 19.0 Å². The van der Waals surface area contributed by atoms with Gasteiger partial charge in [0.05, 0.1) is 22.5 Å². The van der Waals surface area contributed by atoms with E-state index in [4.69, 9.17) is 26.1 Å². The summed E-state index contributed by atoms with van der Waals surface area (Å²) in [4.78, 5) is 42.3. The van der Waals surface area contributed by atoms with Crippen LogP contribution in [0, 0.1) is 6.92 Å². The third kappa shape index (κ3) is 4.46. The number of esters is 1. The Labute approximate surface area is 205 Å². The smallest absolute Gasteiger partial charge is 0.339 e. The van der Waals surface area contributed by atoms with Crippen molar-refractivity contribution in [1.82, 2.24) is 4.98 Å². The SMILES string of the molecule is Cc1c(-c2cccc(Cl)c2)nc2ccccc2c1C(=O)OCC(=O)c1ccc2c(c1)NC(=O)CO2. The van der Waals surface area contributed by atoms with E-state index in [1.165, 1.54) is 6.07 Å². The van der Waals surface area contributed by atoms with Crippen LogP contribution in [0.3, 0.4) is 0 Å². The zero-order valence-electron chi connectivity index (χ0n) is 18.6. The summed E-state index contributed by atoms with van der Waals surface area (Å²) in [5.74, 6) is -0.867. The number of rotatable bonds is 5. The number of carbonyl (C=O) groups excluding carboxylic acids is 3. The molecule has 1 aliphatic heterocycles. The van der Waals surface area contributed by atoms with Crippen molar-refractivity contribution in [1.29, 1.82) is 0 Å². The van der Waals surface area contributed by atoms with Crippen molar-refractivity contribution in [3.63, 3.8) is 0 Å². The van der Waals surface area contributed by atoms with Crippen molar-refractivity contribution in [2.45, 2.75) is 6.92 Å². The highest BCUT2D eigenvalue weighted by atomic mass is 35.5. The lowest BCUT2D eigenvalue weighted by Crippen LogP contribution is -2.25. The number of nitrogens with one attached hydrogen (secondary N) is 1. The fourth-order valence-corrected chi connectivity index (χ4v) is 4.22. The summed E-state index contributed by atoms with van der Waals surface area (Å²) in [5, 5.41) is 3.84. The topological polar surface area (TPSA) is 94.6 Å². The van der Waals surface area contributed by atoms with Crippen LogP contribution in [0.4, 0.5) is 5.69 Å². The van der Waals surface area contributed by atoms with E-state index in [9.17, 15) is 14.4 Å². The van der Waals surface area contributed by atoms with Crippen LogP contribution in [0.5, 0.6) is 5.75 Å². The number of benzene rings is 3. The fourth-order valence-electron chi connectivity index (χ4n) is 4.03. The predicted octanol–water partition coefficient (Wildman–Crippen LogP) is 5.23. The predicted molar refractivity (Wildman–Crippen MR) is 132 cm³/mol. The van der Waals surface area contributed by atoms with Crippen LogP contribution in [-0.2, 0) is 9.53 Å². The van der Waals surface area contributed by atoms with Gasteiger partial charge in [0.25, 0.3) is 5.91 Å². The number of pyridine rings is 1. The van der Waals surface area contributed by atoms with E-state index in [0.717, 1.165) is 5.56 Å². The second-order valence-electron chi connectivity index (χ2n) is 8.04. The molecule has 1 N–H and O–H groups in total. The number of halogens is 1. The van der Waals surface area contributed by atoms with E-state index < -0.39 is 18.4 Å². The van der Waals surface area contributed by atoms with E-state index in [1.807, 2.05) is 30.3 Å². The average Bonchev–Trinajstić information content (AvgIpc) is 2.86. The van der Waals surface area contributed by atoms with Crippen molar-refractivity contribution in [2.24, 2.45) is 0 Å². The van der Waals surface area contributed by atoms with Crippen LogP contribution in [0.15, 0.2) is 66.7 Å². The molecule has 0 bridgehead atoms. The minimum absolute atomic E-state index is 0.0751. The molecular formula is C27H19ClN2O5. The van der Waals surface area contributed by atoms with Gasteiger partial charge < -0.3 is 14.8 Å². The first-order valence-electron chi connectivity index (χ1n) is 10.8. The van der Waals surface area contributed by atoms with Crippen LogP contribution >= 0.6 is 11.6 Å². The summed E-state index contributed by atoms with van der Waals surface area (Å²) in [6.07, 6.45) is 0. The number of ether oxygens (including phenoxy) is 2. The molecule has 7 nitrogen and oxygen atoms in total. The molecule has 35 heavy (non-hydrogen) atoms. The maximum absolute atomic E-state index is 13.2. The van der Waals surface area contributed by atoms with E-state index in [2.05, 4.69) is 5.32 Å². The Hall–Kier alpha value is -4.23. The fraction of sp³-hybridized carbons (Fsp3) is 0.111. The molecule has 1 aromatic heterocycles. The van der Waals surface area contributed by atoms with Gasteiger partial charge in [0.1, 0.15) is 5.75 Å². The minimum Gasteiger partial charge on any atom is -0.482 e. The molecule has 2 heterocycles. The normalized spacial score (nSPS) is 12.5. The van der Waals surface area contributed by atoms with Gasteiger partial charge in [-0.1, -0.05) is 41.9 Å². The molecule has 4 aromatic rings. The Morgan fingerprint density at radius 3 is 2.74 bits per heavy atom. The largest absolute Gasteiger partial charge is 0.482 e. The van der Waals surface area contributed by atoms with E-state index >= 15 is 0 Å². The Bertz CT molecular complexity index is 1520. The number of fused-ring (bicyclic) bond motifs is 2. The third-order valence-electron chi connectivity index (χ3n) is 5.71. The zero-order valence-corrected chi connectivity index (χ0v) is 19.4. The molecule has 0 fully saturated rings. The Morgan fingerprint density at radius 2 is 1.91 bits per heavy atom. The highest BCUT2D eigenvalue weighted by molar-refractivity contribution is 6.30. The quantitative estimate of drug-likeness (QED) is 0.306. The average molecular weight is 487 g/mol. The molecule has 5 rings (SSSR count). The molecule has 0 aliphatic carbocycles. The van der Waals surface area contributed by atoms with Crippen molar-refractivity contribution in [3.8, 4) is 17.0 Å². The van der Waals surface area contributed by atoms with Crippen LogP contribution in [0.1, 0.15) is 26.3 Å². The summed E-state index contributed by atoms with van der Waals surface area (Å²) in [7, 11) is 0. The van der Waals surface area contributed by atoms with Gasteiger partial charge >= 0.3 is 5.97 Å². The lowest BCUT2D eigenvalue weighted by atomic mass is 9.98. The first kappa shape index (κ1) is 22.6. The molecule has 0 saturated carbocycles. The minimum atomic E-state index is -0.632. The Morgan fingerprint density at radius 1 is 1.09 bits per heavy atom. The maximum atomic E-state index is 13.2. The first-order chi connectivity index (χ1) is 16.9. The maximum Gasteiger partial charge on any atom is 0.339 e. The van der Waals surface area contributed by atoms with Crippen molar-refractivity contribution < 1.29 is 23.9 Å². The summed E-state index contributed by atoms with van der Waals surface area (Å²) < 4.78 is 10.8. The summed E-state index contributed by atoms with van der Waals surface area (Å²) in [6, 6.07) is 19.2. The number of amides is 1. The first-order valence-corrected chi connectivity index (χ1v) is 11.2. The molecule has 0 atom stereocenters. The standard InChI is InChI=1S/C27H19ClN2O5/c1-15-25(19-7-2-3-8-20(19)30-26(15)17-5-4-6-18(28)11-17)27(33)35-13-22(31)16-9-10-23-21(12-16)29-24(32)14-34-23/h2-12H,13-14H2,1H3,(H,29,32). The zero-order chi connectivity index (χ0) is 24.5. The van der Waals surface area contributed by atoms with Gasteiger partial charge in [-0.2, -0.15) is 0 Å². The number of aromatic nitrogens is 1. The highest BCUT2D eigenvalue weighted by Crippen LogP contribution is 2.32. The Kier molecular flexibility index (Phi) is 5.93. The molecular weight excluding hydrogens is 468 g/mol. The van der Waals surface area contributed by atoms with Crippen molar-refractivity contribution >= 4 is 45.9 Å².